The molecule has 0 aromatic carbocycles. The highest BCUT2D eigenvalue weighted by atomic mass is 16.5. The van der Waals surface area contributed by atoms with E-state index in [2.05, 4.69) is 15.5 Å². The van der Waals surface area contributed by atoms with E-state index in [1.165, 1.54) is 0 Å². The predicted molar refractivity (Wildman–Crippen MR) is 111 cm³/mol. The van der Waals surface area contributed by atoms with Crippen molar-refractivity contribution < 1.29 is 18.8 Å². The maximum Gasteiger partial charge on any atom is 0.270 e. The third-order valence-corrected chi connectivity index (χ3v) is 7.60. The lowest BCUT2D eigenvalue weighted by molar-refractivity contribution is -0.145. The van der Waals surface area contributed by atoms with Gasteiger partial charge in [0.1, 0.15) is 18.1 Å². The standard InChI is InChI=1S/C23H28N4O4/c1-12-17(13(2)31-27-12)11-30-19-5-3-4-18(25-19)21(28)26-20-15-6-14-7-16(20)10-23(8-14,9-15)22(24)29/h3-5,14-16,20H,6-11H2,1-2H3,(H2,24,29)(H,26,28)/t14?,15?,16?,20-,23-. The van der Waals surface area contributed by atoms with Gasteiger partial charge in [-0.25, -0.2) is 4.98 Å². The summed E-state index contributed by atoms with van der Waals surface area (Å²) in [5.74, 6) is 1.89. The molecule has 2 amide bonds. The van der Waals surface area contributed by atoms with Gasteiger partial charge < -0.3 is 20.3 Å². The first-order chi connectivity index (χ1) is 14.8. The Kier molecular flexibility index (Phi) is 4.75. The third-order valence-electron chi connectivity index (χ3n) is 7.60. The number of aryl methyl sites for hydroxylation is 2. The molecule has 164 valence electrons. The highest BCUT2D eigenvalue weighted by Gasteiger charge is 2.58. The average molecular weight is 425 g/mol. The molecule has 4 aliphatic rings. The van der Waals surface area contributed by atoms with Gasteiger partial charge in [-0.1, -0.05) is 11.2 Å². The lowest BCUT2D eigenvalue weighted by Gasteiger charge is -2.58. The van der Waals surface area contributed by atoms with Gasteiger partial charge >= 0.3 is 0 Å². The van der Waals surface area contributed by atoms with E-state index in [9.17, 15) is 9.59 Å². The summed E-state index contributed by atoms with van der Waals surface area (Å²) in [6.07, 6.45) is 4.61. The van der Waals surface area contributed by atoms with Gasteiger partial charge in [-0.3, -0.25) is 9.59 Å². The van der Waals surface area contributed by atoms with Crippen LogP contribution in [0.15, 0.2) is 22.7 Å². The monoisotopic (exact) mass is 424 g/mol. The Morgan fingerprint density at radius 2 is 1.97 bits per heavy atom. The van der Waals surface area contributed by atoms with Crippen molar-refractivity contribution >= 4 is 11.8 Å². The number of hydrogen-bond acceptors (Lipinski definition) is 6. The summed E-state index contributed by atoms with van der Waals surface area (Å²) in [5.41, 5.74) is 7.40. The topological polar surface area (TPSA) is 120 Å². The van der Waals surface area contributed by atoms with Crippen LogP contribution in [0.4, 0.5) is 0 Å². The van der Waals surface area contributed by atoms with Gasteiger partial charge in [-0.05, 0) is 69.8 Å². The molecule has 8 nitrogen and oxygen atoms in total. The van der Waals surface area contributed by atoms with E-state index in [0.29, 0.717) is 35.1 Å². The maximum absolute atomic E-state index is 13.0. The van der Waals surface area contributed by atoms with Crippen LogP contribution >= 0.6 is 0 Å². The molecule has 2 atom stereocenters. The second kappa shape index (κ2) is 7.35. The Morgan fingerprint density at radius 3 is 2.61 bits per heavy atom. The Balaban J connectivity index is 1.26. The van der Waals surface area contributed by atoms with Crippen molar-refractivity contribution in [3.05, 3.63) is 40.9 Å². The zero-order chi connectivity index (χ0) is 21.8. The Bertz CT molecular complexity index is 997. The smallest absolute Gasteiger partial charge is 0.270 e. The van der Waals surface area contributed by atoms with Gasteiger partial charge in [0, 0.05) is 17.5 Å². The first-order valence-corrected chi connectivity index (χ1v) is 11.0. The molecule has 0 spiro atoms. The van der Waals surface area contributed by atoms with E-state index < -0.39 is 0 Å². The summed E-state index contributed by atoms with van der Waals surface area (Å²) in [6.45, 7) is 3.98. The molecule has 4 fully saturated rings. The highest BCUT2D eigenvalue weighted by molar-refractivity contribution is 5.92. The number of hydrogen-bond donors (Lipinski definition) is 2. The van der Waals surface area contributed by atoms with Gasteiger partial charge in [0.25, 0.3) is 5.91 Å². The van der Waals surface area contributed by atoms with Crippen molar-refractivity contribution in [2.45, 2.75) is 58.6 Å². The predicted octanol–water partition coefficient (Wildman–Crippen LogP) is 2.68. The lowest BCUT2D eigenvalue weighted by Crippen LogP contribution is -2.62. The normalized spacial score (nSPS) is 30.9. The van der Waals surface area contributed by atoms with Crippen LogP contribution in [-0.2, 0) is 11.4 Å². The van der Waals surface area contributed by atoms with Crippen LogP contribution in [0.5, 0.6) is 5.88 Å². The van der Waals surface area contributed by atoms with Crippen LogP contribution in [0.1, 0.15) is 59.6 Å². The van der Waals surface area contributed by atoms with Crippen LogP contribution in [0, 0.1) is 37.0 Å². The van der Waals surface area contributed by atoms with E-state index in [0.717, 1.165) is 43.4 Å². The number of aromatic nitrogens is 2. The molecule has 2 unspecified atom stereocenters. The molecule has 4 bridgehead atoms. The van der Waals surface area contributed by atoms with Crippen LogP contribution in [0.3, 0.4) is 0 Å². The van der Waals surface area contributed by atoms with Crippen LogP contribution in [0.2, 0.25) is 0 Å². The van der Waals surface area contributed by atoms with Crippen molar-refractivity contribution in [1.29, 1.82) is 0 Å². The Morgan fingerprint density at radius 1 is 1.23 bits per heavy atom. The van der Waals surface area contributed by atoms with Crippen molar-refractivity contribution in [3.8, 4) is 5.88 Å². The van der Waals surface area contributed by atoms with E-state index in [-0.39, 0.29) is 29.9 Å². The van der Waals surface area contributed by atoms with Crippen LogP contribution < -0.4 is 15.8 Å². The molecule has 2 aromatic rings. The number of ether oxygens (including phenoxy) is 1. The van der Waals surface area contributed by atoms with Gasteiger partial charge in [-0.2, -0.15) is 0 Å². The van der Waals surface area contributed by atoms with Gasteiger partial charge in [0.2, 0.25) is 11.8 Å². The van der Waals surface area contributed by atoms with Crippen LogP contribution in [-0.4, -0.2) is 28.0 Å². The lowest BCUT2D eigenvalue weighted by atomic mass is 9.47. The molecule has 3 N–H and O–H groups in total. The number of pyridine rings is 1. The summed E-state index contributed by atoms with van der Waals surface area (Å²) < 4.78 is 10.9. The molecule has 0 saturated heterocycles. The van der Waals surface area contributed by atoms with Crippen molar-refractivity contribution in [1.82, 2.24) is 15.5 Å². The quantitative estimate of drug-likeness (QED) is 0.736. The highest BCUT2D eigenvalue weighted by Crippen LogP contribution is 2.59. The SMILES string of the molecule is Cc1noc(C)c1COc1cccc(C(=O)N[C@H]2C3CC4CC2C[C@](C(N)=O)(C4)C3)n1. The zero-order valence-electron chi connectivity index (χ0n) is 17.9. The first-order valence-electron chi connectivity index (χ1n) is 11.0. The Hall–Kier alpha value is -2.90. The van der Waals surface area contributed by atoms with Crippen molar-refractivity contribution in [3.63, 3.8) is 0 Å². The maximum atomic E-state index is 13.0. The van der Waals surface area contributed by atoms with E-state index in [4.69, 9.17) is 15.0 Å². The fraction of sp³-hybridized carbons (Fsp3) is 0.565. The molecule has 0 radical (unpaired) electrons. The number of nitrogens with one attached hydrogen (secondary N) is 1. The minimum Gasteiger partial charge on any atom is -0.473 e. The molecule has 2 heterocycles. The van der Waals surface area contributed by atoms with Gasteiger partial charge in [0.15, 0.2) is 0 Å². The number of primary amides is 1. The zero-order valence-corrected chi connectivity index (χ0v) is 17.9. The van der Waals surface area contributed by atoms with Crippen LogP contribution in [0.25, 0.3) is 0 Å². The second-order valence-corrected chi connectivity index (χ2v) is 9.57. The molecular weight excluding hydrogens is 396 g/mol. The number of carbonyl (C=O) groups is 2. The Labute approximate surface area is 180 Å². The van der Waals surface area contributed by atoms with E-state index in [1.807, 2.05) is 13.8 Å². The van der Waals surface area contributed by atoms with Crippen molar-refractivity contribution in [2.24, 2.45) is 28.9 Å². The number of nitrogens with two attached hydrogens (primary N) is 1. The summed E-state index contributed by atoms with van der Waals surface area (Å²) in [5, 5.41) is 7.14. The molecule has 8 heteroatoms. The summed E-state index contributed by atoms with van der Waals surface area (Å²) in [4.78, 5) is 29.5. The van der Waals surface area contributed by atoms with Gasteiger partial charge in [-0.15, -0.1) is 0 Å². The summed E-state index contributed by atoms with van der Waals surface area (Å²) in [6, 6.07) is 5.27. The fourth-order valence-electron chi connectivity index (χ4n) is 6.26. The number of nitrogens with zero attached hydrogens (tertiary/aromatic N) is 2. The van der Waals surface area contributed by atoms with E-state index >= 15 is 0 Å². The van der Waals surface area contributed by atoms with Crippen molar-refractivity contribution in [2.75, 3.05) is 0 Å². The van der Waals surface area contributed by atoms with Gasteiger partial charge in [0.05, 0.1) is 11.3 Å². The largest absolute Gasteiger partial charge is 0.473 e. The minimum absolute atomic E-state index is 0.0743. The molecule has 4 aliphatic carbocycles. The fourth-order valence-corrected chi connectivity index (χ4v) is 6.26. The second-order valence-electron chi connectivity index (χ2n) is 9.57. The molecule has 2 aromatic heterocycles. The number of rotatable bonds is 6. The molecular formula is C23H28N4O4. The number of carbonyl (C=O) groups excluding carboxylic acids is 2. The molecule has 31 heavy (non-hydrogen) atoms. The average Bonchev–Trinajstić information content (AvgIpc) is 3.06. The minimum atomic E-state index is -0.359. The molecule has 0 aliphatic heterocycles. The van der Waals surface area contributed by atoms with E-state index in [1.54, 1.807) is 18.2 Å². The molecule has 6 rings (SSSR count). The third kappa shape index (κ3) is 3.47. The first kappa shape index (κ1) is 20.0. The molecule has 4 saturated carbocycles. The number of amides is 2. The summed E-state index contributed by atoms with van der Waals surface area (Å²) >= 11 is 0. The summed E-state index contributed by atoms with van der Waals surface area (Å²) in [7, 11) is 0.